The van der Waals surface area contributed by atoms with E-state index in [2.05, 4.69) is 43.5 Å². The van der Waals surface area contributed by atoms with Gasteiger partial charge >= 0.3 is 0 Å². The Kier molecular flexibility index (Phi) is 4.73. The molecular formula is C18H21BrN6O2. The van der Waals surface area contributed by atoms with Crippen molar-refractivity contribution in [2.24, 2.45) is 5.41 Å². The average Bonchev–Trinajstić information content (AvgIpc) is 3.28. The standard InChI is InChI=1S/C18H21BrN6O2/c1-10-12(14(20)15-17(22-10)25-27-24-15)7-11-3-4-13(19)16(23-11)21-8-18(2)5-6-26-9-18/h3-4H,5-9,20H2,1-2H3,(H,21,23). The van der Waals surface area contributed by atoms with E-state index in [1.54, 1.807) is 0 Å². The molecule has 0 aliphatic carbocycles. The largest absolute Gasteiger partial charge is 0.396 e. The van der Waals surface area contributed by atoms with E-state index in [0.29, 0.717) is 23.3 Å². The number of aromatic nitrogens is 4. The Hall–Kier alpha value is -2.26. The highest BCUT2D eigenvalue weighted by Crippen LogP contribution is 2.30. The van der Waals surface area contributed by atoms with Gasteiger partial charge in [0.2, 0.25) is 5.65 Å². The Bertz CT molecular complexity index is 983. The smallest absolute Gasteiger partial charge is 0.226 e. The van der Waals surface area contributed by atoms with Crippen LogP contribution in [-0.2, 0) is 11.2 Å². The van der Waals surface area contributed by atoms with Crippen molar-refractivity contribution in [3.05, 3.63) is 33.6 Å². The van der Waals surface area contributed by atoms with Gasteiger partial charge in [0, 0.05) is 41.9 Å². The number of hydrogen-bond acceptors (Lipinski definition) is 8. The average molecular weight is 433 g/mol. The number of nitrogens with zero attached hydrogens (tertiary/aromatic N) is 4. The van der Waals surface area contributed by atoms with E-state index in [0.717, 1.165) is 53.4 Å². The minimum Gasteiger partial charge on any atom is -0.396 e. The molecule has 0 aromatic carbocycles. The van der Waals surface area contributed by atoms with Crippen molar-refractivity contribution in [2.45, 2.75) is 26.7 Å². The fraction of sp³-hybridized carbons (Fsp3) is 0.444. The lowest BCUT2D eigenvalue weighted by Gasteiger charge is -2.23. The molecule has 1 atom stereocenters. The van der Waals surface area contributed by atoms with Crippen LogP contribution in [0.15, 0.2) is 21.2 Å². The third kappa shape index (κ3) is 3.61. The van der Waals surface area contributed by atoms with Crippen molar-refractivity contribution in [3.8, 4) is 0 Å². The van der Waals surface area contributed by atoms with Gasteiger partial charge in [-0.05, 0) is 51.7 Å². The first-order valence-electron chi connectivity index (χ1n) is 8.79. The van der Waals surface area contributed by atoms with E-state index in [-0.39, 0.29) is 5.41 Å². The summed E-state index contributed by atoms with van der Waals surface area (Å²) in [5.74, 6) is 0.814. The predicted molar refractivity (Wildman–Crippen MR) is 106 cm³/mol. The van der Waals surface area contributed by atoms with E-state index in [9.17, 15) is 0 Å². The molecule has 1 fully saturated rings. The van der Waals surface area contributed by atoms with Crippen LogP contribution in [0.3, 0.4) is 0 Å². The number of nitrogens with two attached hydrogens (primary N) is 1. The summed E-state index contributed by atoms with van der Waals surface area (Å²) < 4.78 is 11.2. The summed E-state index contributed by atoms with van der Waals surface area (Å²) in [5.41, 5.74) is 10.4. The molecule has 0 amide bonds. The van der Waals surface area contributed by atoms with Gasteiger partial charge < -0.3 is 15.8 Å². The Morgan fingerprint density at radius 1 is 1.30 bits per heavy atom. The summed E-state index contributed by atoms with van der Waals surface area (Å²) in [4.78, 5) is 9.18. The Balaban J connectivity index is 1.58. The summed E-state index contributed by atoms with van der Waals surface area (Å²) in [6, 6.07) is 3.97. The first-order valence-corrected chi connectivity index (χ1v) is 9.59. The van der Waals surface area contributed by atoms with Crippen molar-refractivity contribution in [1.29, 1.82) is 0 Å². The molecule has 0 bridgehead atoms. The lowest BCUT2D eigenvalue weighted by Crippen LogP contribution is -2.27. The minimum atomic E-state index is 0.132. The van der Waals surface area contributed by atoms with Gasteiger partial charge in [0.1, 0.15) is 5.82 Å². The van der Waals surface area contributed by atoms with E-state index in [4.69, 9.17) is 20.1 Å². The highest BCUT2D eigenvalue weighted by molar-refractivity contribution is 9.10. The fourth-order valence-electron chi connectivity index (χ4n) is 3.25. The Labute approximate surface area is 165 Å². The molecule has 142 valence electrons. The maximum absolute atomic E-state index is 6.27. The number of nitrogens with one attached hydrogen (secondary N) is 1. The molecule has 1 aliphatic rings. The molecule has 1 aliphatic heterocycles. The number of hydrogen-bond donors (Lipinski definition) is 2. The lowest BCUT2D eigenvalue weighted by molar-refractivity contribution is 0.164. The summed E-state index contributed by atoms with van der Waals surface area (Å²) in [6.07, 6.45) is 1.60. The van der Waals surface area contributed by atoms with Gasteiger partial charge in [-0.25, -0.2) is 14.6 Å². The summed E-state index contributed by atoms with van der Waals surface area (Å²) in [5, 5.41) is 11.1. The Morgan fingerprint density at radius 2 is 2.15 bits per heavy atom. The van der Waals surface area contributed by atoms with Crippen molar-refractivity contribution < 1.29 is 9.37 Å². The number of ether oxygens (including phenoxy) is 1. The van der Waals surface area contributed by atoms with Gasteiger partial charge in [0.05, 0.1) is 16.8 Å². The van der Waals surface area contributed by atoms with Gasteiger partial charge in [-0.2, -0.15) is 0 Å². The maximum Gasteiger partial charge on any atom is 0.226 e. The number of halogens is 1. The maximum atomic E-state index is 6.27. The molecule has 4 heterocycles. The SMILES string of the molecule is Cc1nc2nonc2c(N)c1Cc1ccc(Br)c(NCC2(C)CCOC2)n1. The highest BCUT2D eigenvalue weighted by atomic mass is 79.9. The summed E-state index contributed by atoms with van der Waals surface area (Å²) >= 11 is 3.58. The third-order valence-corrected chi connectivity index (χ3v) is 5.65. The number of aryl methyl sites for hydroxylation is 1. The number of nitrogen functional groups attached to an aromatic ring is 1. The van der Waals surface area contributed by atoms with Crippen molar-refractivity contribution in [3.63, 3.8) is 0 Å². The van der Waals surface area contributed by atoms with Crippen LogP contribution < -0.4 is 11.1 Å². The van der Waals surface area contributed by atoms with Gasteiger partial charge in [0.25, 0.3) is 0 Å². The fourth-order valence-corrected chi connectivity index (χ4v) is 3.61. The lowest BCUT2D eigenvalue weighted by atomic mass is 9.90. The van der Waals surface area contributed by atoms with Crippen LogP contribution in [0.4, 0.5) is 11.5 Å². The second-order valence-corrected chi connectivity index (χ2v) is 8.16. The third-order valence-electron chi connectivity index (χ3n) is 5.01. The first-order chi connectivity index (χ1) is 13.0. The summed E-state index contributed by atoms with van der Waals surface area (Å²) in [6.45, 7) is 6.52. The molecular weight excluding hydrogens is 412 g/mol. The number of pyridine rings is 2. The second-order valence-electron chi connectivity index (χ2n) is 7.30. The van der Waals surface area contributed by atoms with Crippen LogP contribution in [-0.4, -0.2) is 40.0 Å². The van der Waals surface area contributed by atoms with Crippen LogP contribution in [0.25, 0.3) is 11.2 Å². The topological polar surface area (TPSA) is 112 Å². The van der Waals surface area contributed by atoms with Crippen LogP contribution in [0.1, 0.15) is 30.3 Å². The van der Waals surface area contributed by atoms with Crippen LogP contribution in [0.5, 0.6) is 0 Å². The number of fused-ring (bicyclic) bond motifs is 1. The number of anilines is 2. The zero-order valence-corrected chi connectivity index (χ0v) is 16.8. The quantitative estimate of drug-likeness (QED) is 0.632. The first kappa shape index (κ1) is 18.1. The molecule has 3 N–H and O–H groups in total. The molecule has 0 spiro atoms. The van der Waals surface area contributed by atoms with E-state index >= 15 is 0 Å². The predicted octanol–water partition coefficient (Wildman–Crippen LogP) is 3.10. The van der Waals surface area contributed by atoms with Crippen molar-refractivity contribution in [1.82, 2.24) is 20.3 Å². The van der Waals surface area contributed by atoms with Gasteiger partial charge in [-0.3, -0.25) is 0 Å². The molecule has 4 rings (SSSR count). The van der Waals surface area contributed by atoms with Crippen LogP contribution >= 0.6 is 15.9 Å². The van der Waals surface area contributed by atoms with Gasteiger partial charge in [0.15, 0.2) is 5.52 Å². The normalized spacial score (nSPS) is 19.7. The molecule has 1 unspecified atom stereocenters. The molecule has 8 nitrogen and oxygen atoms in total. The van der Waals surface area contributed by atoms with Crippen molar-refractivity contribution >= 4 is 38.6 Å². The second kappa shape index (κ2) is 7.05. The monoisotopic (exact) mass is 432 g/mol. The van der Waals surface area contributed by atoms with E-state index in [1.807, 2.05) is 19.1 Å². The van der Waals surface area contributed by atoms with E-state index in [1.165, 1.54) is 0 Å². The molecule has 9 heteroatoms. The zero-order chi connectivity index (χ0) is 19.0. The molecule has 1 saturated heterocycles. The van der Waals surface area contributed by atoms with Gasteiger partial charge in [-0.15, -0.1) is 0 Å². The summed E-state index contributed by atoms with van der Waals surface area (Å²) in [7, 11) is 0. The molecule has 0 saturated carbocycles. The van der Waals surface area contributed by atoms with Gasteiger partial charge in [-0.1, -0.05) is 6.92 Å². The van der Waals surface area contributed by atoms with Crippen LogP contribution in [0.2, 0.25) is 0 Å². The number of rotatable bonds is 5. The van der Waals surface area contributed by atoms with E-state index < -0.39 is 0 Å². The van der Waals surface area contributed by atoms with Crippen molar-refractivity contribution in [2.75, 3.05) is 30.8 Å². The Morgan fingerprint density at radius 3 is 2.93 bits per heavy atom. The zero-order valence-electron chi connectivity index (χ0n) is 15.3. The molecule has 0 radical (unpaired) electrons. The van der Waals surface area contributed by atoms with Crippen LogP contribution in [0, 0.1) is 12.3 Å². The molecule has 3 aromatic heterocycles. The molecule has 3 aromatic rings. The molecule has 27 heavy (non-hydrogen) atoms. The minimum absolute atomic E-state index is 0.132. The highest BCUT2D eigenvalue weighted by Gasteiger charge is 2.29.